The van der Waals surface area contributed by atoms with Crippen molar-refractivity contribution < 1.29 is 4.74 Å². The van der Waals surface area contributed by atoms with E-state index in [1.807, 2.05) is 7.05 Å². The van der Waals surface area contributed by atoms with Gasteiger partial charge in [0, 0.05) is 20.2 Å². The third-order valence-corrected chi connectivity index (χ3v) is 4.64. The van der Waals surface area contributed by atoms with Crippen molar-refractivity contribution in [3.8, 4) is 0 Å². The Kier molecular flexibility index (Phi) is 4.67. The number of thiophene rings is 1. The summed E-state index contributed by atoms with van der Waals surface area (Å²) in [5.41, 5.74) is 0. The van der Waals surface area contributed by atoms with Crippen molar-refractivity contribution >= 4 is 27.4 Å². The van der Waals surface area contributed by atoms with Crippen LogP contribution in [0.4, 0.5) is 5.82 Å². The van der Waals surface area contributed by atoms with Crippen molar-refractivity contribution in [1.82, 2.24) is 14.9 Å². The summed E-state index contributed by atoms with van der Waals surface area (Å²) in [5, 5.41) is 6.35. The number of fused-ring (bicyclic) bond motifs is 1. The van der Waals surface area contributed by atoms with E-state index in [9.17, 15) is 0 Å². The van der Waals surface area contributed by atoms with E-state index in [4.69, 9.17) is 9.72 Å². The highest BCUT2D eigenvalue weighted by atomic mass is 32.1. The predicted octanol–water partition coefficient (Wildman–Crippen LogP) is 2.73. The Labute approximate surface area is 129 Å². The summed E-state index contributed by atoms with van der Waals surface area (Å²) in [5.74, 6) is 1.82. The zero-order valence-electron chi connectivity index (χ0n) is 12.6. The Morgan fingerprint density at radius 1 is 1.48 bits per heavy atom. The fourth-order valence-corrected chi connectivity index (χ4v) is 3.67. The monoisotopic (exact) mass is 306 g/mol. The number of nitrogens with one attached hydrogen (secondary N) is 1. The van der Waals surface area contributed by atoms with Crippen LogP contribution in [0.25, 0.3) is 10.2 Å². The van der Waals surface area contributed by atoms with Gasteiger partial charge in [-0.2, -0.15) is 0 Å². The highest BCUT2D eigenvalue weighted by Crippen LogP contribution is 2.25. The van der Waals surface area contributed by atoms with Crippen molar-refractivity contribution in [2.75, 3.05) is 32.1 Å². The largest absolute Gasteiger partial charge is 0.377 e. The van der Waals surface area contributed by atoms with E-state index >= 15 is 0 Å². The van der Waals surface area contributed by atoms with E-state index in [0.29, 0.717) is 6.10 Å². The molecule has 0 aliphatic carbocycles. The molecule has 0 radical (unpaired) electrons. The van der Waals surface area contributed by atoms with Gasteiger partial charge in [0.1, 0.15) is 16.5 Å². The number of aromatic nitrogens is 2. The van der Waals surface area contributed by atoms with Crippen LogP contribution in [0.5, 0.6) is 0 Å². The fraction of sp³-hybridized carbons (Fsp3) is 0.600. The molecule has 0 saturated carbocycles. The third-order valence-electron chi connectivity index (χ3n) is 3.84. The first-order valence-electron chi connectivity index (χ1n) is 7.56. The normalized spacial score (nSPS) is 20.0. The molecule has 5 nitrogen and oxygen atoms in total. The van der Waals surface area contributed by atoms with Gasteiger partial charge in [-0.25, -0.2) is 9.97 Å². The molecule has 1 saturated heterocycles. The van der Waals surface area contributed by atoms with E-state index < -0.39 is 0 Å². The van der Waals surface area contributed by atoms with Gasteiger partial charge in [0.25, 0.3) is 0 Å². The van der Waals surface area contributed by atoms with E-state index in [1.165, 1.54) is 6.42 Å². The van der Waals surface area contributed by atoms with Crippen LogP contribution in [0.2, 0.25) is 0 Å². The van der Waals surface area contributed by atoms with Crippen molar-refractivity contribution in [2.24, 2.45) is 0 Å². The minimum Gasteiger partial charge on any atom is -0.377 e. The average molecular weight is 306 g/mol. The molecule has 3 rings (SSSR count). The van der Waals surface area contributed by atoms with Gasteiger partial charge in [-0.05, 0) is 37.8 Å². The number of hydrogen-bond donors (Lipinski definition) is 1. The molecular formula is C15H22N4OS. The van der Waals surface area contributed by atoms with Gasteiger partial charge in [-0.3, -0.25) is 4.90 Å². The number of ether oxygens (including phenoxy) is 1. The number of likely N-dealkylation sites (tertiary alicyclic amines) is 1. The lowest BCUT2D eigenvalue weighted by molar-refractivity contribution is 0.00301. The van der Waals surface area contributed by atoms with Gasteiger partial charge in [0.2, 0.25) is 0 Å². The first kappa shape index (κ1) is 14.7. The molecule has 6 heteroatoms. The molecule has 0 spiro atoms. The van der Waals surface area contributed by atoms with Crippen LogP contribution in [0.15, 0.2) is 11.4 Å². The van der Waals surface area contributed by atoms with E-state index in [2.05, 4.69) is 33.6 Å². The van der Waals surface area contributed by atoms with Crippen molar-refractivity contribution in [2.45, 2.75) is 32.4 Å². The third kappa shape index (κ3) is 3.33. The van der Waals surface area contributed by atoms with Crippen molar-refractivity contribution in [3.63, 3.8) is 0 Å². The molecule has 1 fully saturated rings. The molecule has 114 valence electrons. The topological polar surface area (TPSA) is 50.3 Å². The maximum absolute atomic E-state index is 5.76. The molecule has 0 bridgehead atoms. The van der Waals surface area contributed by atoms with Crippen LogP contribution < -0.4 is 5.32 Å². The minimum atomic E-state index is 0.359. The predicted molar refractivity (Wildman–Crippen MR) is 86.9 cm³/mol. The van der Waals surface area contributed by atoms with Gasteiger partial charge in [0.15, 0.2) is 0 Å². The molecular weight excluding hydrogens is 284 g/mol. The molecule has 2 aromatic heterocycles. The number of nitrogens with zero attached hydrogens (tertiary/aromatic N) is 3. The molecule has 2 aromatic rings. The average Bonchev–Trinajstić information content (AvgIpc) is 2.95. The Bertz CT molecular complexity index is 598. The first-order valence-corrected chi connectivity index (χ1v) is 8.44. The smallest absolute Gasteiger partial charge is 0.146 e. The van der Waals surface area contributed by atoms with E-state index in [-0.39, 0.29) is 0 Å². The van der Waals surface area contributed by atoms with Crippen molar-refractivity contribution in [3.05, 3.63) is 17.3 Å². The fourth-order valence-electron chi connectivity index (χ4n) is 2.89. The molecule has 1 unspecified atom stereocenters. The number of anilines is 1. The molecule has 1 aliphatic heterocycles. The molecule has 0 aromatic carbocycles. The van der Waals surface area contributed by atoms with Crippen LogP contribution in [0.3, 0.4) is 0 Å². The Hall–Kier alpha value is -1.24. The summed E-state index contributed by atoms with van der Waals surface area (Å²) < 4.78 is 5.76. The maximum atomic E-state index is 5.76. The van der Waals surface area contributed by atoms with Gasteiger partial charge in [0.05, 0.1) is 18.0 Å². The minimum absolute atomic E-state index is 0.359. The summed E-state index contributed by atoms with van der Waals surface area (Å²) in [6.07, 6.45) is 2.71. The standard InChI is InChI=1S/C15H22N4OS/c1-3-20-11-5-4-7-19(9-11)10-13-17-14(16-2)12-6-8-21-15(12)18-13/h6,8,11H,3-5,7,9-10H2,1-2H3,(H,16,17,18). The summed E-state index contributed by atoms with van der Waals surface area (Å²) in [6.45, 7) is 5.73. The molecule has 3 heterocycles. The highest BCUT2D eigenvalue weighted by Gasteiger charge is 2.21. The zero-order valence-corrected chi connectivity index (χ0v) is 13.4. The number of hydrogen-bond acceptors (Lipinski definition) is 6. The lowest BCUT2D eigenvalue weighted by atomic mass is 10.1. The quantitative estimate of drug-likeness (QED) is 0.920. The summed E-state index contributed by atoms with van der Waals surface area (Å²) in [6, 6.07) is 2.07. The summed E-state index contributed by atoms with van der Waals surface area (Å²) in [7, 11) is 1.91. The number of piperidine rings is 1. The second-order valence-electron chi connectivity index (χ2n) is 5.33. The van der Waals surface area contributed by atoms with Crippen molar-refractivity contribution in [1.29, 1.82) is 0 Å². The summed E-state index contributed by atoms with van der Waals surface area (Å²) >= 11 is 1.67. The zero-order chi connectivity index (χ0) is 14.7. The summed E-state index contributed by atoms with van der Waals surface area (Å²) in [4.78, 5) is 12.8. The molecule has 1 aliphatic rings. The van der Waals surface area contributed by atoms with Gasteiger partial charge in [-0.15, -0.1) is 11.3 Å². The van der Waals surface area contributed by atoms with Crippen LogP contribution >= 0.6 is 11.3 Å². The van der Waals surface area contributed by atoms with Gasteiger partial charge >= 0.3 is 0 Å². The molecule has 1 N–H and O–H groups in total. The Morgan fingerprint density at radius 2 is 2.38 bits per heavy atom. The lowest BCUT2D eigenvalue weighted by Gasteiger charge is -2.31. The Balaban J connectivity index is 1.75. The SMILES string of the molecule is CCOC1CCCN(Cc2nc(NC)c3ccsc3n2)C1. The van der Waals surface area contributed by atoms with E-state index in [1.54, 1.807) is 11.3 Å². The maximum Gasteiger partial charge on any atom is 0.146 e. The van der Waals surface area contributed by atoms with Gasteiger partial charge < -0.3 is 10.1 Å². The molecule has 0 amide bonds. The highest BCUT2D eigenvalue weighted by molar-refractivity contribution is 7.16. The second kappa shape index (κ2) is 6.68. The van der Waals surface area contributed by atoms with Crippen LogP contribution in [0, 0.1) is 0 Å². The van der Waals surface area contributed by atoms with Crippen LogP contribution in [-0.4, -0.2) is 47.7 Å². The Morgan fingerprint density at radius 3 is 3.19 bits per heavy atom. The molecule has 1 atom stereocenters. The van der Waals surface area contributed by atoms with Gasteiger partial charge in [-0.1, -0.05) is 0 Å². The van der Waals surface area contributed by atoms with Crippen LogP contribution in [-0.2, 0) is 11.3 Å². The molecule has 21 heavy (non-hydrogen) atoms. The second-order valence-corrected chi connectivity index (χ2v) is 6.23. The van der Waals surface area contributed by atoms with E-state index in [0.717, 1.165) is 54.5 Å². The van der Waals surface area contributed by atoms with Crippen LogP contribution in [0.1, 0.15) is 25.6 Å². The lowest BCUT2D eigenvalue weighted by Crippen LogP contribution is -2.39. The number of rotatable bonds is 5. The first-order chi connectivity index (χ1) is 10.3.